The van der Waals surface area contributed by atoms with Gasteiger partial charge in [0.1, 0.15) is 0 Å². The van der Waals surface area contributed by atoms with E-state index in [1.165, 1.54) is 25.7 Å². The SMILES string of the molecule is O[C@](CCCC1CC1)(c1ccccc1)C1CCCNC1. The van der Waals surface area contributed by atoms with Gasteiger partial charge in [-0.2, -0.15) is 0 Å². The molecule has 2 N–H and O–H groups in total. The first-order chi connectivity index (χ1) is 9.79. The second-order valence-corrected chi connectivity index (χ2v) is 6.67. The van der Waals surface area contributed by atoms with Crippen molar-refractivity contribution in [1.82, 2.24) is 5.32 Å². The third kappa shape index (κ3) is 3.24. The Labute approximate surface area is 122 Å². The van der Waals surface area contributed by atoms with E-state index in [1.807, 2.05) is 6.07 Å². The van der Waals surface area contributed by atoms with Crippen molar-refractivity contribution in [2.24, 2.45) is 11.8 Å². The van der Waals surface area contributed by atoms with E-state index in [9.17, 15) is 5.11 Å². The van der Waals surface area contributed by atoms with Gasteiger partial charge in [0.05, 0.1) is 5.60 Å². The van der Waals surface area contributed by atoms with E-state index >= 15 is 0 Å². The number of nitrogens with one attached hydrogen (secondary N) is 1. The molecule has 2 heteroatoms. The maximum Gasteiger partial charge on any atom is 0.0936 e. The molecule has 2 atom stereocenters. The molecule has 0 bridgehead atoms. The van der Waals surface area contributed by atoms with E-state index in [-0.39, 0.29) is 0 Å². The largest absolute Gasteiger partial charge is 0.385 e. The van der Waals surface area contributed by atoms with Crippen molar-refractivity contribution in [3.8, 4) is 0 Å². The van der Waals surface area contributed by atoms with Crippen LogP contribution in [0.25, 0.3) is 0 Å². The zero-order valence-corrected chi connectivity index (χ0v) is 12.4. The average molecular weight is 273 g/mol. The van der Waals surface area contributed by atoms with Gasteiger partial charge in [0, 0.05) is 12.5 Å². The minimum Gasteiger partial charge on any atom is -0.385 e. The van der Waals surface area contributed by atoms with Crippen molar-refractivity contribution in [3.05, 3.63) is 35.9 Å². The molecular formula is C18H27NO. The lowest BCUT2D eigenvalue weighted by Gasteiger charge is -2.39. The summed E-state index contributed by atoms with van der Waals surface area (Å²) in [4.78, 5) is 0. The molecule has 0 radical (unpaired) electrons. The van der Waals surface area contributed by atoms with E-state index in [1.54, 1.807) is 0 Å². The first-order valence-electron chi connectivity index (χ1n) is 8.27. The van der Waals surface area contributed by atoms with Crippen molar-refractivity contribution in [2.75, 3.05) is 13.1 Å². The Bertz CT molecular complexity index is 409. The zero-order valence-electron chi connectivity index (χ0n) is 12.4. The minimum atomic E-state index is -0.635. The van der Waals surface area contributed by atoms with E-state index in [0.29, 0.717) is 5.92 Å². The topological polar surface area (TPSA) is 32.3 Å². The molecule has 1 aliphatic carbocycles. The predicted octanol–water partition coefficient (Wildman–Crippen LogP) is 3.45. The van der Waals surface area contributed by atoms with Crippen molar-refractivity contribution in [1.29, 1.82) is 0 Å². The van der Waals surface area contributed by atoms with Crippen molar-refractivity contribution in [2.45, 2.75) is 50.5 Å². The van der Waals surface area contributed by atoms with Gasteiger partial charge in [0.2, 0.25) is 0 Å². The molecule has 2 aliphatic rings. The highest BCUT2D eigenvalue weighted by Crippen LogP contribution is 2.40. The van der Waals surface area contributed by atoms with E-state index < -0.39 is 5.60 Å². The molecule has 1 heterocycles. The molecular weight excluding hydrogens is 246 g/mol. The molecule has 1 saturated carbocycles. The minimum absolute atomic E-state index is 0.359. The Morgan fingerprint density at radius 2 is 1.95 bits per heavy atom. The fourth-order valence-corrected chi connectivity index (χ4v) is 3.64. The molecule has 1 saturated heterocycles. The summed E-state index contributed by atoms with van der Waals surface area (Å²) in [5.74, 6) is 1.32. The summed E-state index contributed by atoms with van der Waals surface area (Å²) in [6.45, 7) is 2.05. The summed E-state index contributed by atoms with van der Waals surface area (Å²) in [6, 6.07) is 10.3. The molecule has 1 aliphatic heterocycles. The van der Waals surface area contributed by atoms with Gasteiger partial charge in [0.25, 0.3) is 0 Å². The summed E-state index contributed by atoms with van der Waals surface area (Å²) in [6.07, 6.45) is 8.52. The lowest BCUT2D eigenvalue weighted by molar-refractivity contribution is -0.0428. The summed E-state index contributed by atoms with van der Waals surface area (Å²) in [5, 5.41) is 14.9. The van der Waals surface area contributed by atoms with E-state index in [2.05, 4.69) is 29.6 Å². The summed E-state index contributed by atoms with van der Waals surface area (Å²) in [5.41, 5.74) is 0.480. The summed E-state index contributed by atoms with van der Waals surface area (Å²) in [7, 11) is 0. The third-order valence-electron chi connectivity index (χ3n) is 5.11. The highest BCUT2D eigenvalue weighted by atomic mass is 16.3. The van der Waals surface area contributed by atoms with Gasteiger partial charge < -0.3 is 10.4 Å². The Morgan fingerprint density at radius 1 is 1.15 bits per heavy atom. The number of hydrogen-bond donors (Lipinski definition) is 2. The van der Waals surface area contributed by atoms with Crippen LogP contribution >= 0.6 is 0 Å². The molecule has 0 spiro atoms. The van der Waals surface area contributed by atoms with Gasteiger partial charge in [-0.3, -0.25) is 0 Å². The number of piperidine rings is 1. The molecule has 110 valence electrons. The zero-order chi connectivity index (χ0) is 13.8. The van der Waals surface area contributed by atoms with E-state index in [0.717, 1.165) is 43.8 Å². The molecule has 20 heavy (non-hydrogen) atoms. The quantitative estimate of drug-likeness (QED) is 0.832. The number of aliphatic hydroxyl groups is 1. The molecule has 0 amide bonds. The van der Waals surface area contributed by atoms with Gasteiger partial charge in [-0.15, -0.1) is 0 Å². The molecule has 0 aromatic heterocycles. The predicted molar refractivity (Wildman–Crippen MR) is 82.5 cm³/mol. The first kappa shape index (κ1) is 14.1. The number of rotatable bonds is 6. The Balaban J connectivity index is 1.73. The van der Waals surface area contributed by atoms with Crippen molar-refractivity contribution >= 4 is 0 Å². The van der Waals surface area contributed by atoms with Crippen LogP contribution in [0.15, 0.2) is 30.3 Å². The normalized spacial score (nSPS) is 26.1. The molecule has 2 nitrogen and oxygen atoms in total. The number of benzene rings is 1. The summed E-state index contributed by atoms with van der Waals surface area (Å²) < 4.78 is 0. The molecule has 1 aromatic rings. The van der Waals surface area contributed by atoms with Gasteiger partial charge in [-0.25, -0.2) is 0 Å². The maximum absolute atomic E-state index is 11.4. The van der Waals surface area contributed by atoms with Gasteiger partial charge in [0.15, 0.2) is 0 Å². The second-order valence-electron chi connectivity index (χ2n) is 6.67. The smallest absolute Gasteiger partial charge is 0.0936 e. The standard InChI is InChI=1S/C18H27NO/c20-18(12-4-6-15-10-11-15,16-7-2-1-3-8-16)17-9-5-13-19-14-17/h1-3,7-8,15,17,19-20H,4-6,9-14H2/t17?,18-/m1/s1. The van der Waals surface area contributed by atoms with Crippen LogP contribution in [0.5, 0.6) is 0 Å². The third-order valence-corrected chi connectivity index (χ3v) is 5.11. The van der Waals surface area contributed by atoms with Crippen LogP contribution in [0, 0.1) is 11.8 Å². The average Bonchev–Trinajstić information content (AvgIpc) is 3.33. The van der Waals surface area contributed by atoms with Crippen LogP contribution in [0.1, 0.15) is 50.5 Å². The van der Waals surface area contributed by atoms with Crippen LogP contribution in [0.3, 0.4) is 0 Å². The fraction of sp³-hybridized carbons (Fsp3) is 0.667. The van der Waals surface area contributed by atoms with Gasteiger partial charge in [-0.1, -0.05) is 49.6 Å². The lowest BCUT2D eigenvalue weighted by atomic mass is 9.74. The molecule has 3 rings (SSSR count). The van der Waals surface area contributed by atoms with Crippen LogP contribution in [0.2, 0.25) is 0 Å². The Morgan fingerprint density at radius 3 is 2.60 bits per heavy atom. The maximum atomic E-state index is 11.4. The Kier molecular flexibility index (Phi) is 4.42. The monoisotopic (exact) mass is 273 g/mol. The van der Waals surface area contributed by atoms with Crippen LogP contribution in [-0.2, 0) is 5.60 Å². The molecule has 1 unspecified atom stereocenters. The lowest BCUT2D eigenvalue weighted by Crippen LogP contribution is -2.44. The number of hydrogen-bond acceptors (Lipinski definition) is 2. The molecule has 1 aromatic carbocycles. The van der Waals surface area contributed by atoms with Gasteiger partial charge >= 0.3 is 0 Å². The summed E-state index contributed by atoms with van der Waals surface area (Å²) >= 11 is 0. The fourth-order valence-electron chi connectivity index (χ4n) is 3.64. The van der Waals surface area contributed by atoms with Crippen LogP contribution in [0.4, 0.5) is 0 Å². The van der Waals surface area contributed by atoms with Crippen LogP contribution < -0.4 is 5.32 Å². The molecule has 2 fully saturated rings. The van der Waals surface area contributed by atoms with Gasteiger partial charge in [-0.05, 0) is 43.7 Å². The first-order valence-corrected chi connectivity index (χ1v) is 8.27. The highest BCUT2D eigenvalue weighted by Gasteiger charge is 2.38. The van der Waals surface area contributed by atoms with Crippen molar-refractivity contribution < 1.29 is 5.11 Å². The van der Waals surface area contributed by atoms with Crippen LogP contribution in [-0.4, -0.2) is 18.2 Å². The van der Waals surface area contributed by atoms with Crippen molar-refractivity contribution in [3.63, 3.8) is 0 Å². The van der Waals surface area contributed by atoms with E-state index in [4.69, 9.17) is 0 Å². The highest BCUT2D eigenvalue weighted by molar-refractivity contribution is 5.23. The second kappa shape index (κ2) is 6.28. The Hall–Kier alpha value is -0.860.